The number of carbonyl (C=O) groups is 1. The van der Waals surface area contributed by atoms with Crippen molar-refractivity contribution in [2.24, 2.45) is 0 Å². The summed E-state index contributed by atoms with van der Waals surface area (Å²) in [6.07, 6.45) is 0. The Hall–Kier alpha value is -2.45. The highest BCUT2D eigenvalue weighted by atomic mass is 32.2. The predicted octanol–water partition coefficient (Wildman–Crippen LogP) is 2.36. The van der Waals surface area contributed by atoms with Crippen molar-refractivity contribution in [1.29, 1.82) is 0 Å². The van der Waals surface area contributed by atoms with Gasteiger partial charge in [-0.1, -0.05) is 18.2 Å². The van der Waals surface area contributed by atoms with E-state index in [1.165, 1.54) is 25.2 Å². The molecule has 0 radical (unpaired) electrons. The fourth-order valence-corrected chi connectivity index (χ4v) is 3.14. The Labute approximate surface area is 140 Å². The van der Waals surface area contributed by atoms with Gasteiger partial charge in [-0.3, -0.25) is 0 Å². The summed E-state index contributed by atoms with van der Waals surface area (Å²) in [6, 6.07) is 9.98. The summed E-state index contributed by atoms with van der Waals surface area (Å²) < 4.78 is 39.2. The minimum absolute atomic E-state index is 0.0907. The second-order valence-corrected chi connectivity index (χ2v) is 6.93. The molecule has 6 nitrogen and oxygen atoms in total. The van der Waals surface area contributed by atoms with Gasteiger partial charge in [-0.2, -0.15) is 0 Å². The van der Waals surface area contributed by atoms with Crippen LogP contribution in [0.1, 0.15) is 11.1 Å². The molecule has 0 fully saturated rings. The van der Waals surface area contributed by atoms with Crippen LogP contribution in [0.5, 0.6) is 0 Å². The van der Waals surface area contributed by atoms with Gasteiger partial charge in [-0.15, -0.1) is 0 Å². The van der Waals surface area contributed by atoms with E-state index in [0.29, 0.717) is 16.8 Å². The zero-order chi connectivity index (χ0) is 17.7. The molecule has 0 aliphatic carbocycles. The minimum atomic E-state index is -3.61. The normalized spacial score (nSPS) is 11.1. The lowest BCUT2D eigenvalue weighted by atomic mass is 10.2. The maximum atomic E-state index is 13.1. The number of halogens is 1. The lowest BCUT2D eigenvalue weighted by Crippen LogP contribution is -2.29. The topological polar surface area (TPSA) is 87.3 Å². The van der Waals surface area contributed by atoms with E-state index < -0.39 is 16.1 Å². The van der Waals surface area contributed by atoms with Crippen molar-refractivity contribution in [3.8, 4) is 0 Å². The lowest BCUT2D eigenvalue weighted by Gasteiger charge is -2.13. The van der Waals surface area contributed by atoms with Crippen molar-refractivity contribution in [1.82, 2.24) is 10.0 Å². The van der Waals surface area contributed by atoms with Crippen molar-refractivity contribution in [2.75, 3.05) is 12.4 Å². The van der Waals surface area contributed by atoms with E-state index in [9.17, 15) is 17.6 Å². The van der Waals surface area contributed by atoms with Crippen LogP contribution < -0.4 is 15.4 Å². The molecule has 0 aliphatic rings. The minimum Gasteiger partial charge on any atom is -0.334 e. The number of carbonyl (C=O) groups excluding carboxylic acids is 1. The van der Waals surface area contributed by atoms with Gasteiger partial charge in [0, 0.05) is 12.2 Å². The Morgan fingerprint density at radius 3 is 2.54 bits per heavy atom. The molecule has 0 atom stereocenters. The second-order valence-electron chi connectivity index (χ2n) is 5.07. The molecule has 2 amide bonds. The third-order valence-corrected chi connectivity index (χ3v) is 4.99. The molecule has 2 rings (SSSR count). The van der Waals surface area contributed by atoms with E-state index in [1.54, 1.807) is 31.2 Å². The number of hydrogen-bond donors (Lipinski definition) is 3. The zero-order valence-corrected chi connectivity index (χ0v) is 14.1. The van der Waals surface area contributed by atoms with Crippen LogP contribution in [0.2, 0.25) is 0 Å². The van der Waals surface area contributed by atoms with Crippen molar-refractivity contribution >= 4 is 21.7 Å². The monoisotopic (exact) mass is 351 g/mol. The Kier molecular flexibility index (Phi) is 5.53. The van der Waals surface area contributed by atoms with E-state index in [-0.39, 0.29) is 17.3 Å². The van der Waals surface area contributed by atoms with E-state index >= 15 is 0 Å². The molecule has 0 aliphatic heterocycles. The Morgan fingerprint density at radius 1 is 1.17 bits per heavy atom. The van der Waals surface area contributed by atoms with Crippen LogP contribution in [0.25, 0.3) is 0 Å². The third kappa shape index (κ3) is 4.30. The van der Waals surface area contributed by atoms with Crippen LogP contribution >= 0.6 is 0 Å². The molecule has 3 N–H and O–H groups in total. The molecule has 0 spiro atoms. The van der Waals surface area contributed by atoms with Gasteiger partial charge in [0.2, 0.25) is 10.0 Å². The molecule has 24 heavy (non-hydrogen) atoms. The molecule has 0 saturated heterocycles. The number of amides is 2. The van der Waals surface area contributed by atoms with E-state index in [4.69, 9.17) is 0 Å². The number of benzene rings is 2. The lowest BCUT2D eigenvalue weighted by molar-refractivity contribution is 0.251. The van der Waals surface area contributed by atoms with Gasteiger partial charge in [0.15, 0.2) is 0 Å². The largest absolute Gasteiger partial charge is 0.334 e. The van der Waals surface area contributed by atoms with Crippen LogP contribution in [-0.2, 0) is 16.6 Å². The smallest absolute Gasteiger partial charge is 0.319 e. The van der Waals surface area contributed by atoms with Gasteiger partial charge in [0.25, 0.3) is 0 Å². The summed E-state index contributed by atoms with van der Waals surface area (Å²) in [5.41, 5.74) is 1.42. The Bertz CT molecular complexity index is 853. The van der Waals surface area contributed by atoms with Gasteiger partial charge in [0.05, 0.1) is 4.90 Å². The number of nitrogens with one attached hydrogen (secondary N) is 3. The highest BCUT2D eigenvalue weighted by Gasteiger charge is 2.17. The molecule has 0 saturated carbocycles. The highest BCUT2D eigenvalue weighted by Crippen LogP contribution is 2.22. The molecule has 0 unspecified atom stereocenters. The number of rotatable bonds is 5. The SMILES string of the molecule is CNS(=O)(=O)c1cccc(NC(=O)NCc2cccc(F)c2)c1C. The molecule has 0 heterocycles. The molecule has 0 bridgehead atoms. The fraction of sp³-hybridized carbons (Fsp3) is 0.188. The van der Waals surface area contributed by atoms with Gasteiger partial charge >= 0.3 is 6.03 Å². The van der Waals surface area contributed by atoms with Crippen LogP contribution in [0.3, 0.4) is 0 Å². The standard InChI is InChI=1S/C16H18FN3O3S/c1-11-14(7-4-8-15(11)24(22,23)18-2)20-16(21)19-10-12-5-3-6-13(17)9-12/h3-9,18H,10H2,1-2H3,(H2,19,20,21). The predicted molar refractivity (Wildman–Crippen MR) is 89.7 cm³/mol. The highest BCUT2D eigenvalue weighted by molar-refractivity contribution is 7.89. The molecule has 2 aromatic carbocycles. The van der Waals surface area contributed by atoms with Crippen LogP contribution in [0.15, 0.2) is 47.4 Å². The molecular weight excluding hydrogens is 333 g/mol. The number of hydrogen-bond acceptors (Lipinski definition) is 3. The van der Waals surface area contributed by atoms with Crippen molar-refractivity contribution < 1.29 is 17.6 Å². The van der Waals surface area contributed by atoms with Crippen LogP contribution in [-0.4, -0.2) is 21.5 Å². The summed E-state index contributed by atoms with van der Waals surface area (Å²) in [4.78, 5) is 12.1. The second kappa shape index (κ2) is 7.41. The van der Waals surface area contributed by atoms with Crippen molar-refractivity contribution in [3.05, 3.63) is 59.4 Å². The molecule has 0 aromatic heterocycles. The first kappa shape index (κ1) is 17.9. The fourth-order valence-electron chi connectivity index (χ4n) is 2.15. The summed E-state index contributed by atoms with van der Waals surface area (Å²) in [5, 5.41) is 5.19. The van der Waals surface area contributed by atoms with E-state index in [2.05, 4.69) is 15.4 Å². The molecule has 2 aromatic rings. The summed E-state index contributed by atoms with van der Waals surface area (Å²) in [6.45, 7) is 1.75. The third-order valence-electron chi connectivity index (χ3n) is 3.43. The van der Waals surface area contributed by atoms with Crippen molar-refractivity contribution in [2.45, 2.75) is 18.4 Å². The quantitative estimate of drug-likeness (QED) is 0.773. The molecular formula is C16H18FN3O3S. The Morgan fingerprint density at radius 2 is 1.88 bits per heavy atom. The number of anilines is 1. The van der Waals surface area contributed by atoms with E-state index in [1.807, 2.05) is 0 Å². The first-order chi connectivity index (χ1) is 11.3. The maximum Gasteiger partial charge on any atom is 0.319 e. The average Bonchev–Trinajstić information content (AvgIpc) is 2.55. The van der Waals surface area contributed by atoms with Crippen LogP contribution in [0.4, 0.5) is 14.9 Å². The average molecular weight is 351 g/mol. The summed E-state index contributed by atoms with van der Waals surface area (Å²) >= 11 is 0. The van der Waals surface area contributed by atoms with Crippen molar-refractivity contribution in [3.63, 3.8) is 0 Å². The van der Waals surface area contributed by atoms with Crippen LogP contribution in [0, 0.1) is 12.7 Å². The maximum absolute atomic E-state index is 13.1. The van der Waals surface area contributed by atoms with Gasteiger partial charge in [-0.05, 0) is 49.4 Å². The summed E-state index contributed by atoms with van der Waals surface area (Å²) in [7, 11) is -2.29. The number of urea groups is 1. The zero-order valence-electron chi connectivity index (χ0n) is 13.3. The Balaban J connectivity index is 2.08. The molecule has 128 valence electrons. The first-order valence-corrected chi connectivity index (χ1v) is 8.64. The summed E-state index contributed by atoms with van der Waals surface area (Å²) in [5.74, 6) is -0.379. The van der Waals surface area contributed by atoms with E-state index in [0.717, 1.165) is 0 Å². The number of sulfonamides is 1. The first-order valence-electron chi connectivity index (χ1n) is 7.16. The van der Waals surface area contributed by atoms with Gasteiger partial charge in [-0.25, -0.2) is 22.3 Å². The van der Waals surface area contributed by atoms with Gasteiger partial charge in [0.1, 0.15) is 5.82 Å². The van der Waals surface area contributed by atoms with Gasteiger partial charge < -0.3 is 10.6 Å². The molecule has 8 heteroatoms.